The Morgan fingerprint density at radius 2 is 1.47 bits per heavy atom. The van der Waals surface area contributed by atoms with E-state index in [1.807, 2.05) is 48.5 Å². The number of allylic oxidation sites excluding steroid dienone is 1. The molecule has 0 fully saturated rings. The molecule has 170 valence electrons. The van der Waals surface area contributed by atoms with E-state index in [1.54, 1.807) is 26.0 Å². The van der Waals surface area contributed by atoms with E-state index in [4.69, 9.17) is 73.8 Å². The fourth-order valence-corrected chi connectivity index (χ4v) is 4.37. The first-order chi connectivity index (χ1) is 14.8. The first kappa shape index (κ1) is 28.0. The van der Waals surface area contributed by atoms with E-state index in [-0.39, 0.29) is 4.91 Å². The topological polar surface area (TPSA) is 26.3 Å². The number of alkyl halides is 6. The van der Waals surface area contributed by atoms with Crippen molar-refractivity contribution in [2.45, 2.75) is 25.7 Å². The molecule has 0 saturated carbocycles. The first-order valence-electron chi connectivity index (χ1n) is 8.86. The largest absolute Gasteiger partial charge is 0.287 e. The average Bonchev–Trinajstić information content (AvgIpc) is 2.74. The van der Waals surface area contributed by atoms with Crippen LogP contribution >= 0.6 is 81.6 Å². The Hall–Kier alpha value is -0.280. The molecule has 10 heteroatoms. The lowest BCUT2D eigenvalue weighted by Gasteiger charge is -2.25. The lowest BCUT2D eigenvalue weighted by atomic mass is 9.97. The van der Waals surface area contributed by atoms with Crippen LogP contribution in [0.2, 0.25) is 0 Å². The molecule has 0 N–H and O–H groups in total. The van der Waals surface area contributed by atoms with Crippen LogP contribution in [0, 0.1) is 11.8 Å². The van der Waals surface area contributed by atoms with E-state index >= 15 is 0 Å². The minimum Gasteiger partial charge on any atom is -0.287 e. The molecule has 0 amide bonds. The van der Waals surface area contributed by atoms with Crippen molar-refractivity contribution in [3.05, 3.63) is 82.4 Å². The molecular weight excluding hydrogens is 573 g/mol. The zero-order valence-corrected chi connectivity index (χ0v) is 22.8. The van der Waals surface area contributed by atoms with Gasteiger partial charge in [-0.25, -0.2) is 4.21 Å². The van der Waals surface area contributed by atoms with Crippen molar-refractivity contribution in [2.75, 3.05) is 0 Å². The molecule has 2 aromatic rings. The standard InChI is InChI=1S/C22H16Cl6O2S2/c1-16(17-9-5-3-6-10-17)15-19(32(29)22(26,27)28)13-14-20(2,30-31-21(23,24)25)18-11-7-4-8-12-18/h3-12H,1-2H3. The van der Waals surface area contributed by atoms with Crippen LogP contribution < -0.4 is 0 Å². The summed E-state index contributed by atoms with van der Waals surface area (Å²) in [5.41, 5.74) is 3.94. The molecule has 2 atom stereocenters. The van der Waals surface area contributed by atoms with Crippen molar-refractivity contribution in [2.24, 2.45) is 0 Å². The molecule has 0 aliphatic carbocycles. The van der Waals surface area contributed by atoms with Gasteiger partial charge in [-0.15, -0.1) is 0 Å². The van der Waals surface area contributed by atoms with Crippen LogP contribution in [0.25, 0.3) is 5.57 Å². The van der Waals surface area contributed by atoms with Crippen LogP contribution in [0.15, 0.2) is 71.3 Å². The highest BCUT2D eigenvalue weighted by Gasteiger charge is 2.34. The van der Waals surface area contributed by atoms with Gasteiger partial charge in [-0.2, -0.15) is 0 Å². The Morgan fingerprint density at radius 1 is 0.938 bits per heavy atom. The molecule has 0 heterocycles. The number of hydrogen-bond acceptors (Lipinski definition) is 3. The zero-order valence-electron chi connectivity index (χ0n) is 16.7. The quantitative estimate of drug-likeness (QED) is 0.151. The predicted molar refractivity (Wildman–Crippen MR) is 142 cm³/mol. The van der Waals surface area contributed by atoms with Gasteiger partial charge in [0, 0.05) is 5.57 Å². The Morgan fingerprint density at radius 3 is 1.97 bits per heavy atom. The van der Waals surface area contributed by atoms with Crippen molar-refractivity contribution in [1.29, 1.82) is 0 Å². The molecular formula is C22H16Cl6O2S2. The summed E-state index contributed by atoms with van der Waals surface area (Å²) < 4.78 is 14.8. The maximum Gasteiger partial charge on any atom is 0.271 e. The van der Waals surface area contributed by atoms with Gasteiger partial charge in [0.15, 0.2) is 5.60 Å². The second kappa shape index (κ2) is 11.9. The molecule has 32 heavy (non-hydrogen) atoms. The third kappa shape index (κ3) is 8.82. The van der Waals surface area contributed by atoms with E-state index in [2.05, 4.69) is 17.6 Å². The second-order valence-corrected chi connectivity index (χ2v) is 14.8. The fraction of sp³-hybridized carbons (Fsp3) is 0.227. The van der Waals surface area contributed by atoms with Crippen molar-refractivity contribution in [1.82, 2.24) is 0 Å². The minimum atomic E-state index is -2.11. The van der Waals surface area contributed by atoms with Gasteiger partial charge in [0.25, 0.3) is 6.25 Å². The number of hydrogen-bond donors (Lipinski definition) is 0. The van der Waals surface area contributed by atoms with E-state index in [1.165, 1.54) is 0 Å². The Bertz CT molecular complexity index is 1080. The zero-order chi connectivity index (χ0) is 24.0. The SMILES string of the molecule is CC(=C=C(C#CC(C)(OSC(Cl)(Cl)Cl)c1ccccc1)S(=O)C(Cl)(Cl)Cl)c1ccccc1. The monoisotopic (exact) mass is 586 g/mol. The van der Waals surface area contributed by atoms with Gasteiger partial charge in [0.2, 0.25) is 0 Å². The normalized spacial score (nSPS) is 14.4. The highest BCUT2D eigenvalue weighted by atomic mass is 35.6. The van der Waals surface area contributed by atoms with Crippen molar-refractivity contribution >= 4 is 98.0 Å². The van der Waals surface area contributed by atoms with Crippen molar-refractivity contribution in [3.8, 4) is 11.8 Å². The van der Waals surface area contributed by atoms with Crippen LogP contribution in [-0.2, 0) is 20.6 Å². The van der Waals surface area contributed by atoms with Crippen LogP contribution in [0.3, 0.4) is 0 Å². The molecule has 0 aliphatic heterocycles. The minimum absolute atomic E-state index is 0.0176. The van der Waals surface area contributed by atoms with E-state index < -0.39 is 22.6 Å². The summed E-state index contributed by atoms with van der Waals surface area (Å²) >= 11 is 35.8. The molecule has 0 bridgehead atoms. The van der Waals surface area contributed by atoms with Gasteiger partial charge >= 0.3 is 0 Å². The van der Waals surface area contributed by atoms with Gasteiger partial charge in [0.05, 0.1) is 12.0 Å². The molecule has 0 spiro atoms. The highest BCUT2D eigenvalue weighted by molar-refractivity contribution is 8.00. The van der Waals surface area contributed by atoms with E-state index in [0.29, 0.717) is 23.2 Å². The molecule has 0 aromatic heterocycles. The fourth-order valence-electron chi connectivity index (χ4n) is 2.37. The molecule has 2 nitrogen and oxygen atoms in total. The van der Waals surface area contributed by atoms with Gasteiger partial charge in [-0.1, -0.05) is 142 Å². The number of rotatable bonds is 5. The summed E-state index contributed by atoms with van der Waals surface area (Å²) in [6.45, 7) is 3.47. The smallest absolute Gasteiger partial charge is 0.271 e. The third-order valence-corrected chi connectivity index (χ3v) is 7.37. The molecule has 2 unspecified atom stereocenters. The molecule has 2 rings (SSSR count). The molecule has 0 aliphatic rings. The summed E-state index contributed by atoms with van der Waals surface area (Å²) in [6.07, 6.45) is 0. The van der Waals surface area contributed by atoms with Gasteiger partial charge in [-0.05, 0) is 30.9 Å². The van der Waals surface area contributed by atoms with Gasteiger partial charge < -0.3 is 0 Å². The van der Waals surface area contributed by atoms with Crippen LogP contribution in [0.1, 0.15) is 25.0 Å². The number of benzene rings is 2. The third-order valence-electron chi connectivity index (χ3n) is 3.95. The summed E-state index contributed by atoms with van der Waals surface area (Å²) in [4.78, 5) is -0.0176. The Kier molecular flexibility index (Phi) is 10.4. The van der Waals surface area contributed by atoms with Crippen LogP contribution in [0.4, 0.5) is 0 Å². The predicted octanol–water partition coefficient (Wildman–Crippen LogP) is 8.56. The maximum atomic E-state index is 12.9. The van der Waals surface area contributed by atoms with E-state index in [0.717, 1.165) is 5.56 Å². The lowest BCUT2D eigenvalue weighted by molar-refractivity contribution is 0.189. The van der Waals surface area contributed by atoms with Gasteiger partial charge in [-0.3, -0.25) is 4.18 Å². The van der Waals surface area contributed by atoms with Crippen LogP contribution in [-0.4, -0.2) is 10.5 Å². The van der Waals surface area contributed by atoms with Crippen molar-refractivity contribution < 1.29 is 8.39 Å². The first-order valence-corrected chi connectivity index (χ1v) is 13.0. The average molecular weight is 589 g/mol. The lowest BCUT2D eigenvalue weighted by Crippen LogP contribution is -2.23. The van der Waals surface area contributed by atoms with E-state index in [9.17, 15) is 4.21 Å². The molecule has 0 radical (unpaired) electrons. The van der Waals surface area contributed by atoms with Crippen molar-refractivity contribution in [3.63, 3.8) is 0 Å². The summed E-state index contributed by atoms with van der Waals surface area (Å²) in [5.74, 6) is 5.76. The highest BCUT2D eigenvalue weighted by Crippen LogP contribution is 2.44. The molecule has 2 aromatic carbocycles. The number of halogens is 6. The summed E-state index contributed by atoms with van der Waals surface area (Å²) in [6, 6.07) is 18.4. The molecule has 0 saturated heterocycles. The summed E-state index contributed by atoms with van der Waals surface area (Å²) in [7, 11) is -2.11. The van der Waals surface area contributed by atoms with Gasteiger partial charge in [0.1, 0.15) is 15.7 Å². The Labute approximate surface area is 224 Å². The summed E-state index contributed by atoms with van der Waals surface area (Å²) in [5, 5.41) is 0. The maximum absolute atomic E-state index is 12.9. The van der Waals surface area contributed by atoms with Crippen LogP contribution in [0.5, 0.6) is 0 Å². The Balaban J connectivity index is 2.64. The second-order valence-electron chi connectivity index (χ2n) is 6.42.